The summed E-state index contributed by atoms with van der Waals surface area (Å²) in [5, 5.41) is 2.22. The number of hydrogen-bond donors (Lipinski definition) is 1. The van der Waals surface area contributed by atoms with Crippen molar-refractivity contribution in [2.75, 3.05) is 11.5 Å². The number of alkyl halides is 3. The molecule has 0 aromatic heterocycles. The van der Waals surface area contributed by atoms with E-state index in [1.165, 1.54) is 6.92 Å². The van der Waals surface area contributed by atoms with Crippen LogP contribution < -0.4 is 5.32 Å². The van der Waals surface area contributed by atoms with Gasteiger partial charge in [0.15, 0.2) is 9.84 Å². The molecule has 1 aromatic carbocycles. The Balaban J connectivity index is 2.35. The normalized spacial score (nSPS) is 24.2. The van der Waals surface area contributed by atoms with Gasteiger partial charge in [0.1, 0.15) is 5.82 Å². The molecule has 9 heteroatoms. The van der Waals surface area contributed by atoms with Crippen molar-refractivity contribution in [3.05, 3.63) is 35.1 Å². The molecule has 0 bridgehead atoms. The van der Waals surface area contributed by atoms with Gasteiger partial charge in [-0.05, 0) is 25.5 Å². The zero-order valence-corrected chi connectivity index (χ0v) is 12.3. The molecule has 1 N–H and O–H groups in total. The summed E-state index contributed by atoms with van der Waals surface area (Å²) in [5.74, 6) is -3.14. The van der Waals surface area contributed by atoms with Crippen LogP contribution in [-0.4, -0.2) is 31.4 Å². The molecule has 1 fully saturated rings. The summed E-state index contributed by atoms with van der Waals surface area (Å²) in [5.41, 5.74) is -3.73. The highest BCUT2D eigenvalue weighted by molar-refractivity contribution is 7.91. The first-order chi connectivity index (χ1) is 9.94. The maximum absolute atomic E-state index is 13.7. The van der Waals surface area contributed by atoms with Crippen LogP contribution in [0.25, 0.3) is 0 Å². The highest BCUT2D eigenvalue weighted by Gasteiger charge is 2.42. The first kappa shape index (κ1) is 16.7. The lowest BCUT2D eigenvalue weighted by Gasteiger charge is -2.25. The summed E-state index contributed by atoms with van der Waals surface area (Å²) in [6.07, 6.45) is -4.83. The maximum Gasteiger partial charge on any atom is 0.417 e. The van der Waals surface area contributed by atoms with Crippen LogP contribution in [-0.2, 0) is 16.0 Å². The molecule has 2 rings (SSSR count). The summed E-state index contributed by atoms with van der Waals surface area (Å²) < 4.78 is 75.2. The minimum Gasteiger partial charge on any atom is -0.346 e. The van der Waals surface area contributed by atoms with Gasteiger partial charge in [0.25, 0.3) is 5.91 Å². The average Bonchev–Trinajstić information content (AvgIpc) is 2.61. The molecule has 0 radical (unpaired) electrons. The Morgan fingerprint density at radius 3 is 2.45 bits per heavy atom. The highest BCUT2D eigenvalue weighted by Crippen LogP contribution is 2.33. The molecule has 122 valence electrons. The molecule has 0 aliphatic carbocycles. The molecular weight excluding hydrogens is 326 g/mol. The predicted molar refractivity (Wildman–Crippen MR) is 70.5 cm³/mol. The van der Waals surface area contributed by atoms with Crippen LogP contribution in [0.2, 0.25) is 0 Å². The van der Waals surface area contributed by atoms with E-state index in [1.54, 1.807) is 0 Å². The van der Waals surface area contributed by atoms with Crippen LogP contribution in [0.5, 0.6) is 0 Å². The van der Waals surface area contributed by atoms with Crippen LogP contribution in [0, 0.1) is 5.82 Å². The van der Waals surface area contributed by atoms with Crippen molar-refractivity contribution in [1.82, 2.24) is 5.32 Å². The van der Waals surface area contributed by atoms with Gasteiger partial charge >= 0.3 is 6.18 Å². The van der Waals surface area contributed by atoms with Crippen LogP contribution >= 0.6 is 0 Å². The lowest BCUT2D eigenvalue weighted by atomic mass is 9.99. The maximum atomic E-state index is 13.7. The fourth-order valence-corrected chi connectivity index (χ4v) is 4.53. The number of benzene rings is 1. The molecule has 1 amide bonds. The molecule has 1 atom stereocenters. The number of sulfone groups is 1. The minimum absolute atomic E-state index is 0.0663. The second kappa shape index (κ2) is 5.22. The standard InChI is InChI=1S/C13H13F4NO3S/c1-12(5-6-22(20,21)7-12)18-11(19)10-8(13(15,16)17)3-2-4-9(10)14/h2-4H,5-7H2,1H3,(H,18,19)/t12-/m0/s1. The Hall–Kier alpha value is -1.64. The van der Waals surface area contributed by atoms with E-state index >= 15 is 0 Å². The molecule has 1 saturated heterocycles. The van der Waals surface area contributed by atoms with Crippen molar-refractivity contribution in [2.24, 2.45) is 0 Å². The fourth-order valence-electron chi connectivity index (χ4n) is 2.44. The number of rotatable bonds is 2. The number of amides is 1. The Bertz CT molecular complexity index is 714. The summed E-state index contributed by atoms with van der Waals surface area (Å²) in [6.45, 7) is 1.41. The minimum atomic E-state index is -4.89. The molecule has 1 aliphatic heterocycles. The van der Waals surface area contributed by atoms with Crippen LogP contribution in [0.4, 0.5) is 17.6 Å². The third kappa shape index (κ3) is 3.40. The van der Waals surface area contributed by atoms with Gasteiger partial charge < -0.3 is 5.32 Å². The van der Waals surface area contributed by atoms with E-state index in [0.29, 0.717) is 6.07 Å². The molecular formula is C13H13F4NO3S. The van der Waals surface area contributed by atoms with Crippen molar-refractivity contribution < 1.29 is 30.8 Å². The topological polar surface area (TPSA) is 63.2 Å². The number of carbonyl (C=O) groups is 1. The monoisotopic (exact) mass is 339 g/mol. The van der Waals surface area contributed by atoms with Gasteiger partial charge in [0.05, 0.1) is 28.2 Å². The summed E-state index contributed by atoms with van der Waals surface area (Å²) in [7, 11) is -3.36. The highest BCUT2D eigenvalue weighted by atomic mass is 32.2. The van der Waals surface area contributed by atoms with E-state index in [0.717, 1.165) is 12.1 Å². The predicted octanol–water partition coefficient (Wildman–Crippen LogP) is 2.15. The SMILES string of the molecule is C[C@]1(NC(=O)c2c(F)cccc2C(F)(F)F)CCS(=O)(=O)C1. The third-order valence-electron chi connectivity index (χ3n) is 3.46. The lowest BCUT2D eigenvalue weighted by molar-refractivity contribution is -0.138. The molecule has 4 nitrogen and oxygen atoms in total. The van der Waals surface area contributed by atoms with Gasteiger partial charge in [-0.25, -0.2) is 12.8 Å². The van der Waals surface area contributed by atoms with Crippen LogP contribution in [0.15, 0.2) is 18.2 Å². The average molecular weight is 339 g/mol. The second-order valence-corrected chi connectivity index (χ2v) is 7.70. The number of nitrogens with one attached hydrogen (secondary N) is 1. The lowest BCUT2D eigenvalue weighted by Crippen LogP contribution is -2.47. The molecule has 1 aliphatic rings. The number of carbonyl (C=O) groups excluding carboxylic acids is 1. The van der Waals surface area contributed by atoms with E-state index in [4.69, 9.17) is 0 Å². The molecule has 22 heavy (non-hydrogen) atoms. The molecule has 1 heterocycles. The van der Waals surface area contributed by atoms with Gasteiger partial charge in [-0.3, -0.25) is 4.79 Å². The molecule has 0 saturated carbocycles. The van der Waals surface area contributed by atoms with Crippen LogP contribution in [0.1, 0.15) is 29.3 Å². The smallest absolute Gasteiger partial charge is 0.346 e. The molecule has 0 spiro atoms. The number of hydrogen-bond acceptors (Lipinski definition) is 3. The van der Waals surface area contributed by atoms with Crippen molar-refractivity contribution in [2.45, 2.75) is 25.1 Å². The van der Waals surface area contributed by atoms with E-state index in [-0.39, 0.29) is 17.9 Å². The fraction of sp³-hybridized carbons (Fsp3) is 0.462. The summed E-state index contributed by atoms with van der Waals surface area (Å²) in [6, 6.07) is 2.21. The van der Waals surface area contributed by atoms with E-state index in [2.05, 4.69) is 5.32 Å². The molecule has 0 unspecified atom stereocenters. The first-order valence-electron chi connectivity index (χ1n) is 6.32. The second-order valence-electron chi connectivity index (χ2n) is 5.52. The zero-order valence-electron chi connectivity index (χ0n) is 11.5. The van der Waals surface area contributed by atoms with Gasteiger partial charge in [-0.2, -0.15) is 13.2 Å². The van der Waals surface area contributed by atoms with Crippen LogP contribution in [0.3, 0.4) is 0 Å². The van der Waals surface area contributed by atoms with E-state index in [1.807, 2.05) is 0 Å². The molecule has 1 aromatic rings. The quantitative estimate of drug-likeness (QED) is 0.840. The summed E-state index contributed by atoms with van der Waals surface area (Å²) >= 11 is 0. The van der Waals surface area contributed by atoms with Crippen molar-refractivity contribution in [3.8, 4) is 0 Å². The van der Waals surface area contributed by atoms with Gasteiger partial charge in [-0.15, -0.1) is 0 Å². The summed E-state index contributed by atoms with van der Waals surface area (Å²) in [4.78, 5) is 12.1. The number of halogens is 4. The Morgan fingerprint density at radius 1 is 1.32 bits per heavy atom. The van der Waals surface area contributed by atoms with E-state index < -0.39 is 44.4 Å². The Kier molecular flexibility index (Phi) is 3.97. The zero-order chi connectivity index (χ0) is 16.8. The van der Waals surface area contributed by atoms with Crippen molar-refractivity contribution in [1.29, 1.82) is 0 Å². The van der Waals surface area contributed by atoms with Crippen molar-refractivity contribution >= 4 is 15.7 Å². The van der Waals surface area contributed by atoms with Crippen molar-refractivity contribution in [3.63, 3.8) is 0 Å². The Labute approximate surface area is 124 Å². The van der Waals surface area contributed by atoms with Gasteiger partial charge in [-0.1, -0.05) is 6.07 Å². The first-order valence-corrected chi connectivity index (χ1v) is 8.14. The third-order valence-corrected chi connectivity index (χ3v) is 5.37. The Morgan fingerprint density at radius 2 is 1.95 bits per heavy atom. The van der Waals surface area contributed by atoms with E-state index in [9.17, 15) is 30.8 Å². The largest absolute Gasteiger partial charge is 0.417 e. The van der Waals surface area contributed by atoms with Gasteiger partial charge in [0, 0.05) is 0 Å². The van der Waals surface area contributed by atoms with Gasteiger partial charge in [0.2, 0.25) is 0 Å².